The van der Waals surface area contributed by atoms with E-state index in [1.165, 1.54) is 24.3 Å². The molecule has 1 atom stereocenters. The summed E-state index contributed by atoms with van der Waals surface area (Å²) in [7, 11) is 0. The zero-order chi connectivity index (χ0) is 34.6. The first-order valence-electron chi connectivity index (χ1n) is 16.3. The molecule has 0 radical (unpaired) electrons. The van der Waals surface area contributed by atoms with Gasteiger partial charge < -0.3 is 20.3 Å². The molecule has 6 nitrogen and oxygen atoms in total. The number of unbranched alkanes of at least 4 members (excludes halogenated alkanes) is 1. The molecule has 4 aromatic carbocycles. The van der Waals surface area contributed by atoms with Gasteiger partial charge in [-0.15, -0.1) is 0 Å². The molecule has 1 fully saturated rings. The van der Waals surface area contributed by atoms with Crippen LogP contribution < -0.4 is 15.4 Å². The van der Waals surface area contributed by atoms with E-state index in [1.807, 2.05) is 41.7 Å². The molecular formula is C38H36F5N3O3. The summed E-state index contributed by atoms with van der Waals surface area (Å²) in [5.74, 6) is -1.35. The van der Waals surface area contributed by atoms with Gasteiger partial charge in [-0.3, -0.25) is 9.59 Å². The lowest BCUT2D eigenvalue weighted by Crippen LogP contribution is -2.47. The fraction of sp³-hybridized carbons (Fsp3) is 0.316. The standard InChI is InChI=1S/C38H36F5N3O3/c39-25-15-16-28-31(23-25)37(36(48)44-24-38(41,42)43,30-12-8-13-32(40)34(28)30)19-6-7-20-46-21-17-26(18-22-46)45-35(47)29-11-4-5-14-33(29)49-27-9-2-1-3-10-27/h1-5,8-16,23,26H,6-7,17-22,24H2,(H,44,48)(H,45,47). The largest absolute Gasteiger partial charge is 0.457 e. The van der Waals surface area contributed by atoms with Crippen LogP contribution in [0.5, 0.6) is 11.5 Å². The summed E-state index contributed by atoms with van der Waals surface area (Å²) < 4.78 is 75.2. The fourth-order valence-corrected chi connectivity index (χ4v) is 6.99. The van der Waals surface area contributed by atoms with E-state index in [2.05, 4.69) is 10.2 Å². The number of carbonyl (C=O) groups is 2. The number of halogens is 5. The Balaban J connectivity index is 1.08. The number of alkyl halides is 3. The summed E-state index contributed by atoms with van der Waals surface area (Å²) in [5.41, 5.74) is -0.428. The van der Waals surface area contributed by atoms with Gasteiger partial charge in [-0.25, -0.2) is 8.78 Å². The van der Waals surface area contributed by atoms with Gasteiger partial charge in [0, 0.05) is 24.7 Å². The lowest BCUT2D eigenvalue weighted by Gasteiger charge is -2.33. The second-order valence-corrected chi connectivity index (χ2v) is 12.5. The van der Waals surface area contributed by atoms with Gasteiger partial charge in [-0.2, -0.15) is 13.2 Å². The number of piperidine rings is 1. The van der Waals surface area contributed by atoms with Crippen LogP contribution in [0.1, 0.15) is 53.6 Å². The third-order valence-corrected chi connectivity index (χ3v) is 9.32. The lowest BCUT2D eigenvalue weighted by molar-refractivity contribution is -0.141. The quantitative estimate of drug-likeness (QED) is 0.126. The van der Waals surface area contributed by atoms with Crippen molar-refractivity contribution < 1.29 is 36.3 Å². The van der Waals surface area contributed by atoms with E-state index in [0.717, 1.165) is 25.0 Å². The molecule has 0 spiro atoms. The van der Waals surface area contributed by atoms with Gasteiger partial charge in [0.2, 0.25) is 5.91 Å². The average molecular weight is 678 g/mol. The van der Waals surface area contributed by atoms with Crippen molar-refractivity contribution in [2.75, 3.05) is 26.2 Å². The molecule has 2 amide bonds. The van der Waals surface area contributed by atoms with E-state index >= 15 is 4.39 Å². The molecule has 1 saturated heterocycles. The molecule has 4 aromatic rings. The Kier molecular flexibility index (Phi) is 10.0. The van der Waals surface area contributed by atoms with Crippen LogP contribution in [0.15, 0.2) is 91.0 Å². The number of fused-ring (bicyclic) bond motifs is 3. The minimum absolute atomic E-state index is 0.0367. The van der Waals surface area contributed by atoms with Crippen molar-refractivity contribution in [3.63, 3.8) is 0 Å². The Morgan fingerprint density at radius 1 is 0.857 bits per heavy atom. The van der Waals surface area contributed by atoms with Crippen molar-refractivity contribution in [2.24, 2.45) is 0 Å². The Morgan fingerprint density at radius 3 is 2.35 bits per heavy atom. The van der Waals surface area contributed by atoms with Gasteiger partial charge in [0.05, 0.1) is 5.56 Å². The number of para-hydroxylation sites is 2. The summed E-state index contributed by atoms with van der Waals surface area (Å²) in [5, 5.41) is 5.13. The van der Waals surface area contributed by atoms with E-state index in [9.17, 15) is 27.2 Å². The molecule has 2 N–H and O–H groups in total. The van der Waals surface area contributed by atoms with E-state index in [4.69, 9.17) is 4.74 Å². The number of benzene rings is 4. The summed E-state index contributed by atoms with van der Waals surface area (Å²) in [6.07, 6.45) is -2.13. The minimum Gasteiger partial charge on any atom is -0.457 e. The summed E-state index contributed by atoms with van der Waals surface area (Å²) in [6, 6.07) is 24.1. The summed E-state index contributed by atoms with van der Waals surface area (Å²) in [4.78, 5) is 29.1. The van der Waals surface area contributed by atoms with Crippen molar-refractivity contribution in [3.8, 4) is 22.6 Å². The predicted molar refractivity (Wildman–Crippen MR) is 175 cm³/mol. The number of hydrogen-bond acceptors (Lipinski definition) is 4. The second kappa shape index (κ2) is 14.4. The number of rotatable bonds is 11. The second-order valence-electron chi connectivity index (χ2n) is 12.5. The Bertz CT molecular complexity index is 1810. The van der Waals surface area contributed by atoms with Crippen LogP contribution in [0.4, 0.5) is 22.0 Å². The molecule has 0 saturated carbocycles. The van der Waals surface area contributed by atoms with Crippen LogP contribution in [0.3, 0.4) is 0 Å². The lowest BCUT2D eigenvalue weighted by atomic mass is 9.73. The molecule has 1 unspecified atom stereocenters. The average Bonchev–Trinajstić information content (AvgIpc) is 3.37. The maximum Gasteiger partial charge on any atom is 0.405 e. The molecule has 0 aromatic heterocycles. The fourth-order valence-electron chi connectivity index (χ4n) is 6.99. The van der Waals surface area contributed by atoms with E-state index in [-0.39, 0.29) is 35.1 Å². The number of nitrogens with zero attached hydrogens (tertiary/aromatic N) is 1. The Hall–Kier alpha value is -4.77. The number of nitrogens with one attached hydrogen (secondary N) is 2. The highest BCUT2D eigenvalue weighted by atomic mass is 19.4. The van der Waals surface area contributed by atoms with Crippen LogP contribution in [0.25, 0.3) is 11.1 Å². The normalized spacial score (nSPS) is 17.7. The van der Waals surface area contributed by atoms with Crippen molar-refractivity contribution in [1.82, 2.24) is 15.5 Å². The topological polar surface area (TPSA) is 70.7 Å². The Labute approximate surface area is 281 Å². The highest BCUT2D eigenvalue weighted by Gasteiger charge is 2.50. The van der Waals surface area contributed by atoms with E-state index in [0.29, 0.717) is 55.1 Å². The molecule has 1 aliphatic carbocycles. The SMILES string of the molecule is O=C(NC1CCN(CCCCC2(C(=O)NCC(F)(F)F)c3cc(F)ccc3-c3c(F)cccc32)CC1)c1ccccc1Oc1ccccc1. The third kappa shape index (κ3) is 7.46. The number of hydrogen-bond donors (Lipinski definition) is 2. The molecular weight excluding hydrogens is 641 g/mol. The van der Waals surface area contributed by atoms with Crippen LogP contribution in [-0.4, -0.2) is 55.1 Å². The molecule has 1 aliphatic heterocycles. The molecule has 256 valence electrons. The van der Waals surface area contributed by atoms with E-state index < -0.39 is 35.7 Å². The molecule has 2 aliphatic rings. The van der Waals surface area contributed by atoms with Gasteiger partial charge in [0.15, 0.2) is 0 Å². The van der Waals surface area contributed by atoms with Gasteiger partial charge in [-0.05, 0) is 91.4 Å². The van der Waals surface area contributed by atoms with Gasteiger partial charge in [0.1, 0.15) is 35.1 Å². The summed E-state index contributed by atoms with van der Waals surface area (Å²) >= 11 is 0. The maximum atomic E-state index is 15.2. The number of ether oxygens (including phenoxy) is 1. The molecule has 0 bridgehead atoms. The molecule has 49 heavy (non-hydrogen) atoms. The van der Waals surface area contributed by atoms with Gasteiger partial charge in [-0.1, -0.05) is 55.0 Å². The minimum atomic E-state index is -4.66. The highest BCUT2D eigenvalue weighted by Crippen LogP contribution is 2.53. The first-order chi connectivity index (χ1) is 23.5. The number of carbonyl (C=O) groups excluding carboxylic acids is 2. The summed E-state index contributed by atoms with van der Waals surface area (Å²) in [6.45, 7) is 0.527. The van der Waals surface area contributed by atoms with Crippen LogP contribution in [0.2, 0.25) is 0 Å². The monoisotopic (exact) mass is 677 g/mol. The van der Waals surface area contributed by atoms with Gasteiger partial charge in [0.25, 0.3) is 5.91 Å². The Morgan fingerprint density at radius 2 is 1.59 bits per heavy atom. The smallest absolute Gasteiger partial charge is 0.405 e. The molecule has 11 heteroatoms. The van der Waals surface area contributed by atoms with Crippen molar-refractivity contribution in [3.05, 3.63) is 119 Å². The third-order valence-electron chi connectivity index (χ3n) is 9.32. The van der Waals surface area contributed by atoms with Crippen LogP contribution >= 0.6 is 0 Å². The predicted octanol–water partition coefficient (Wildman–Crippen LogP) is 7.77. The first kappa shape index (κ1) is 34.1. The zero-order valence-corrected chi connectivity index (χ0v) is 26.7. The van der Waals surface area contributed by atoms with Crippen LogP contribution in [-0.2, 0) is 10.2 Å². The zero-order valence-electron chi connectivity index (χ0n) is 26.7. The van der Waals surface area contributed by atoms with E-state index in [1.54, 1.807) is 18.2 Å². The first-order valence-corrected chi connectivity index (χ1v) is 16.3. The molecule has 1 heterocycles. The molecule has 6 rings (SSSR count). The van der Waals surface area contributed by atoms with Crippen molar-refractivity contribution >= 4 is 11.8 Å². The van der Waals surface area contributed by atoms with Crippen molar-refractivity contribution in [1.29, 1.82) is 0 Å². The number of amides is 2. The van der Waals surface area contributed by atoms with Crippen molar-refractivity contribution in [2.45, 2.75) is 49.7 Å². The van der Waals surface area contributed by atoms with Crippen LogP contribution in [0, 0.1) is 11.6 Å². The van der Waals surface area contributed by atoms with Gasteiger partial charge >= 0.3 is 6.18 Å². The number of likely N-dealkylation sites (tertiary alicyclic amines) is 1. The highest BCUT2D eigenvalue weighted by molar-refractivity contribution is 6.01. The maximum absolute atomic E-state index is 15.2.